The molecule has 14 heavy (non-hydrogen) atoms. The van der Waals surface area contributed by atoms with Crippen molar-refractivity contribution in [3.8, 4) is 0 Å². The summed E-state index contributed by atoms with van der Waals surface area (Å²) in [6.45, 7) is 4.72. The Balaban J connectivity index is 1.86. The molecule has 0 bridgehead atoms. The van der Waals surface area contributed by atoms with E-state index in [-0.39, 0.29) is 0 Å². The molecular formula is C12H24N2. The topological polar surface area (TPSA) is 15.3 Å². The average Bonchev–Trinajstić information content (AvgIpc) is 2.64. The molecule has 0 aromatic carbocycles. The van der Waals surface area contributed by atoms with Crippen molar-refractivity contribution in [2.75, 3.05) is 0 Å². The Bertz CT molecular complexity index is 165. The Labute approximate surface area is 88.0 Å². The maximum atomic E-state index is 3.75. The van der Waals surface area contributed by atoms with Gasteiger partial charge in [0.25, 0.3) is 0 Å². The van der Waals surface area contributed by atoms with E-state index in [0.717, 1.165) is 18.1 Å². The van der Waals surface area contributed by atoms with Crippen LogP contribution in [0.25, 0.3) is 0 Å². The van der Waals surface area contributed by atoms with Crippen molar-refractivity contribution in [2.24, 2.45) is 0 Å². The molecule has 1 N–H and O–H groups in total. The summed E-state index contributed by atoms with van der Waals surface area (Å²) in [6.07, 6.45) is 9.76. The Morgan fingerprint density at radius 1 is 0.857 bits per heavy atom. The summed E-state index contributed by atoms with van der Waals surface area (Å²) < 4.78 is 0. The Morgan fingerprint density at radius 2 is 1.43 bits per heavy atom. The van der Waals surface area contributed by atoms with Gasteiger partial charge in [-0.25, -0.2) is 5.01 Å². The highest BCUT2D eigenvalue weighted by atomic mass is 15.5. The van der Waals surface area contributed by atoms with E-state index >= 15 is 0 Å². The minimum Gasteiger partial charge on any atom is -0.252 e. The molecule has 0 amide bonds. The van der Waals surface area contributed by atoms with E-state index in [0.29, 0.717) is 0 Å². The summed E-state index contributed by atoms with van der Waals surface area (Å²) in [5, 5.41) is 2.53. The van der Waals surface area contributed by atoms with Crippen LogP contribution >= 0.6 is 0 Å². The van der Waals surface area contributed by atoms with Gasteiger partial charge >= 0.3 is 0 Å². The first-order valence-electron chi connectivity index (χ1n) is 6.32. The van der Waals surface area contributed by atoms with Gasteiger partial charge in [-0.15, -0.1) is 0 Å². The zero-order valence-electron chi connectivity index (χ0n) is 9.63. The molecule has 1 heterocycles. The summed E-state index contributed by atoms with van der Waals surface area (Å²) in [7, 11) is 0. The average molecular weight is 196 g/mol. The number of rotatable bonds is 2. The van der Waals surface area contributed by atoms with Gasteiger partial charge in [0.2, 0.25) is 0 Å². The van der Waals surface area contributed by atoms with Gasteiger partial charge < -0.3 is 0 Å². The SMILES string of the molecule is CC1CCCC(C)N1NC1CCCC1. The van der Waals surface area contributed by atoms with Gasteiger partial charge in [-0.3, -0.25) is 5.43 Å². The predicted octanol–water partition coefficient (Wildman–Crippen LogP) is 2.70. The van der Waals surface area contributed by atoms with E-state index in [1.54, 1.807) is 0 Å². The Morgan fingerprint density at radius 3 is 2.00 bits per heavy atom. The molecule has 2 fully saturated rings. The molecule has 2 nitrogen and oxygen atoms in total. The minimum absolute atomic E-state index is 0.736. The van der Waals surface area contributed by atoms with Crippen LogP contribution in [-0.4, -0.2) is 23.1 Å². The molecule has 82 valence electrons. The molecular weight excluding hydrogens is 172 g/mol. The van der Waals surface area contributed by atoms with Crippen LogP contribution in [0.4, 0.5) is 0 Å². The number of piperidine rings is 1. The molecule has 0 radical (unpaired) electrons. The van der Waals surface area contributed by atoms with Crippen LogP contribution in [0.3, 0.4) is 0 Å². The zero-order chi connectivity index (χ0) is 9.97. The molecule has 0 spiro atoms. The van der Waals surface area contributed by atoms with Crippen LogP contribution in [0.1, 0.15) is 58.8 Å². The molecule has 1 saturated heterocycles. The normalized spacial score (nSPS) is 36.4. The Hall–Kier alpha value is -0.0800. The third kappa shape index (κ3) is 2.29. The van der Waals surface area contributed by atoms with Gasteiger partial charge in [0, 0.05) is 18.1 Å². The number of hydrogen-bond donors (Lipinski definition) is 1. The van der Waals surface area contributed by atoms with Gasteiger partial charge in [-0.05, 0) is 39.5 Å². The number of hydrogen-bond acceptors (Lipinski definition) is 2. The smallest absolute Gasteiger partial charge is 0.0218 e. The lowest BCUT2D eigenvalue weighted by Gasteiger charge is -2.40. The molecule has 2 rings (SSSR count). The molecule has 2 unspecified atom stereocenters. The van der Waals surface area contributed by atoms with E-state index in [4.69, 9.17) is 0 Å². The van der Waals surface area contributed by atoms with Crippen LogP contribution in [-0.2, 0) is 0 Å². The maximum absolute atomic E-state index is 3.75. The number of nitrogens with zero attached hydrogens (tertiary/aromatic N) is 1. The molecule has 2 aliphatic rings. The maximum Gasteiger partial charge on any atom is 0.0218 e. The van der Waals surface area contributed by atoms with E-state index < -0.39 is 0 Å². The zero-order valence-corrected chi connectivity index (χ0v) is 9.63. The summed E-state index contributed by atoms with van der Waals surface area (Å²) in [5.74, 6) is 0. The standard InChI is InChI=1S/C12H24N2/c1-10-6-5-7-11(2)14(10)13-12-8-3-4-9-12/h10-13H,3-9H2,1-2H3. The lowest BCUT2D eigenvalue weighted by Crippen LogP contribution is -2.54. The molecule has 0 aromatic heterocycles. The van der Waals surface area contributed by atoms with Gasteiger partial charge in [-0.1, -0.05) is 19.3 Å². The monoisotopic (exact) mass is 196 g/mol. The quantitative estimate of drug-likeness (QED) is 0.730. The second-order valence-corrected chi connectivity index (χ2v) is 5.15. The lowest BCUT2D eigenvalue weighted by molar-refractivity contribution is 0.0305. The van der Waals surface area contributed by atoms with Crippen molar-refractivity contribution in [2.45, 2.75) is 76.9 Å². The lowest BCUT2D eigenvalue weighted by atomic mass is 9.99. The van der Waals surface area contributed by atoms with E-state index in [1.807, 2.05) is 0 Å². The van der Waals surface area contributed by atoms with E-state index in [1.165, 1.54) is 44.9 Å². The molecule has 1 saturated carbocycles. The van der Waals surface area contributed by atoms with Crippen molar-refractivity contribution >= 4 is 0 Å². The van der Waals surface area contributed by atoms with Crippen LogP contribution in [0.5, 0.6) is 0 Å². The first-order valence-corrected chi connectivity index (χ1v) is 6.32. The number of hydrazine groups is 1. The predicted molar refractivity (Wildman–Crippen MR) is 60.0 cm³/mol. The second kappa shape index (κ2) is 4.63. The minimum atomic E-state index is 0.736. The summed E-state index contributed by atoms with van der Waals surface area (Å²) in [6, 6.07) is 2.25. The van der Waals surface area contributed by atoms with Gasteiger partial charge in [-0.2, -0.15) is 0 Å². The summed E-state index contributed by atoms with van der Waals surface area (Å²) >= 11 is 0. The van der Waals surface area contributed by atoms with E-state index in [9.17, 15) is 0 Å². The molecule has 1 aliphatic carbocycles. The van der Waals surface area contributed by atoms with E-state index in [2.05, 4.69) is 24.3 Å². The van der Waals surface area contributed by atoms with Crippen molar-refractivity contribution in [1.29, 1.82) is 0 Å². The highest BCUT2D eigenvalue weighted by Gasteiger charge is 2.27. The largest absolute Gasteiger partial charge is 0.252 e. The van der Waals surface area contributed by atoms with Gasteiger partial charge in [0.05, 0.1) is 0 Å². The molecule has 0 aromatic rings. The first-order chi connectivity index (χ1) is 6.77. The van der Waals surface area contributed by atoms with Crippen molar-refractivity contribution in [3.63, 3.8) is 0 Å². The van der Waals surface area contributed by atoms with Gasteiger partial charge in [0.1, 0.15) is 0 Å². The molecule has 1 aliphatic heterocycles. The second-order valence-electron chi connectivity index (χ2n) is 5.15. The van der Waals surface area contributed by atoms with Gasteiger partial charge in [0.15, 0.2) is 0 Å². The molecule has 2 atom stereocenters. The fraction of sp³-hybridized carbons (Fsp3) is 1.00. The highest BCUT2D eigenvalue weighted by molar-refractivity contribution is 4.80. The molecule has 2 heteroatoms. The van der Waals surface area contributed by atoms with Crippen LogP contribution in [0, 0.1) is 0 Å². The Kier molecular flexibility index (Phi) is 3.45. The highest BCUT2D eigenvalue weighted by Crippen LogP contribution is 2.24. The fourth-order valence-electron chi connectivity index (χ4n) is 2.94. The van der Waals surface area contributed by atoms with Crippen molar-refractivity contribution in [1.82, 2.24) is 10.4 Å². The number of nitrogens with one attached hydrogen (secondary N) is 1. The summed E-state index contributed by atoms with van der Waals surface area (Å²) in [4.78, 5) is 0. The fourth-order valence-corrected chi connectivity index (χ4v) is 2.94. The third-order valence-corrected chi connectivity index (χ3v) is 3.88. The summed E-state index contributed by atoms with van der Waals surface area (Å²) in [5.41, 5.74) is 3.75. The third-order valence-electron chi connectivity index (χ3n) is 3.88. The van der Waals surface area contributed by atoms with Crippen molar-refractivity contribution in [3.05, 3.63) is 0 Å². The first kappa shape index (κ1) is 10.4. The van der Waals surface area contributed by atoms with Crippen molar-refractivity contribution < 1.29 is 0 Å². The van der Waals surface area contributed by atoms with Crippen LogP contribution in [0.2, 0.25) is 0 Å². The van der Waals surface area contributed by atoms with Crippen LogP contribution < -0.4 is 5.43 Å². The van der Waals surface area contributed by atoms with Crippen LogP contribution in [0.15, 0.2) is 0 Å².